The van der Waals surface area contributed by atoms with Gasteiger partial charge in [-0.2, -0.15) is 0 Å². The molecule has 2 aromatic carbocycles. The van der Waals surface area contributed by atoms with E-state index in [1.165, 1.54) is 10.4 Å². The Labute approximate surface area is 183 Å². The standard InChI is InChI=1S/C26H36O3Si/c1-6-22(16-14-15-21-25(27)28-7-2)29-30(26(3,4)5,23-17-10-8-11-18-23)24-19-12-9-13-20-24/h6,8-13,17-20,22H,1,7,14-16,21H2,2-5H3/t22-/m1/s1. The predicted octanol–water partition coefficient (Wildman–Crippen LogP) is 5.24. The molecular weight excluding hydrogens is 388 g/mol. The minimum atomic E-state index is -2.59. The first-order chi connectivity index (χ1) is 14.3. The van der Waals surface area contributed by atoms with Gasteiger partial charge in [-0.25, -0.2) is 0 Å². The first kappa shape index (κ1) is 24.1. The van der Waals surface area contributed by atoms with Crippen molar-refractivity contribution in [2.24, 2.45) is 0 Å². The number of ether oxygens (including phenoxy) is 1. The van der Waals surface area contributed by atoms with E-state index in [1.807, 2.05) is 13.0 Å². The molecule has 0 saturated carbocycles. The van der Waals surface area contributed by atoms with Gasteiger partial charge in [-0.15, -0.1) is 6.58 Å². The number of hydrogen-bond acceptors (Lipinski definition) is 3. The molecule has 2 aromatic rings. The molecule has 0 fully saturated rings. The van der Waals surface area contributed by atoms with Crippen LogP contribution in [0, 0.1) is 0 Å². The molecule has 0 aliphatic rings. The number of esters is 1. The summed E-state index contributed by atoms with van der Waals surface area (Å²) in [4.78, 5) is 11.6. The molecule has 0 radical (unpaired) electrons. The van der Waals surface area contributed by atoms with Crippen LogP contribution in [-0.4, -0.2) is 27.0 Å². The minimum absolute atomic E-state index is 0.0676. The molecule has 0 heterocycles. The third-order valence-corrected chi connectivity index (χ3v) is 10.5. The molecule has 1 atom stereocenters. The average molecular weight is 425 g/mol. The van der Waals surface area contributed by atoms with Crippen LogP contribution in [0.1, 0.15) is 53.4 Å². The third-order valence-electron chi connectivity index (χ3n) is 5.43. The Morgan fingerprint density at radius 1 is 1.00 bits per heavy atom. The lowest BCUT2D eigenvalue weighted by Crippen LogP contribution is -2.67. The van der Waals surface area contributed by atoms with E-state index in [4.69, 9.17) is 9.16 Å². The van der Waals surface area contributed by atoms with E-state index >= 15 is 0 Å². The van der Waals surface area contributed by atoms with Crippen LogP contribution in [0.25, 0.3) is 0 Å². The molecule has 0 aromatic heterocycles. The van der Waals surface area contributed by atoms with Crippen LogP contribution >= 0.6 is 0 Å². The van der Waals surface area contributed by atoms with Crippen LogP contribution in [-0.2, 0) is 14.0 Å². The topological polar surface area (TPSA) is 35.5 Å². The van der Waals surface area contributed by atoms with Gasteiger partial charge in [-0.1, -0.05) is 93.9 Å². The molecule has 30 heavy (non-hydrogen) atoms. The van der Waals surface area contributed by atoms with Gasteiger partial charge >= 0.3 is 5.97 Å². The van der Waals surface area contributed by atoms with Crippen LogP contribution in [0.3, 0.4) is 0 Å². The highest BCUT2D eigenvalue weighted by molar-refractivity contribution is 6.99. The molecule has 0 amide bonds. The Morgan fingerprint density at radius 3 is 1.97 bits per heavy atom. The lowest BCUT2D eigenvalue weighted by molar-refractivity contribution is -0.143. The summed E-state index contributed by atoms with van der Waals surface area (Å²) in [6.45, 7) is 13.2. The van der Waals surface area contributed by atoms with Gasteiger partial charge in [-0.3, -0.25) is 4.79 Å². The van der Waals surface area contributed by atoms with Crippen molar-refractivity contribution in [1.29, 1.82) is 0 Å². The maximum absolute atomic E-state index is 11.6. The summed E-state index contributed by atoms with van der Waals surface area (Å²) in [7, 11) is -2.59. The summed E-state index contributed by atoms with van der Waals surface area (Å²) in [6.07, 6.45) is 4.84. The SMILES string of the molecule is C=C[C@H](CCCCC(=O)OCC)O[Si](c1ccccc1)(c1ccccc1)C(C)(C)C. The molecule has 3 nitrogen and oxygen atoms in total. The van der Waals surface area contributed by atoms with Crippen molar-refractivity contribution in [3.63, 3.8) is 0 Å². The Hall–Kier alpha value is -2.17. The second kappa shape index (κ2) is 11.3. The lowest BCUT2D eigenvalue weighted by atomic mass is 10.1. The van der Waals surface area contributed by atoms with E-state index in [-0.39, 0.29) is 17.1 Å². The Bertz CT molecular complexity index is 741. The fourth-order valence-corrected chi connectivity index (χ4v) is 8.67. The van der Waals surface area contributed by atoms with Gasteiger partial charge in [-0.05, 0) is 35.2 Å². The second-order valence-corrected chi connectivity index (χ2v) is 12.9. The van der Waals surface area contributed by atoms with Gasteiger partial charge in [0.25, 0.3) is 8.32 Å². The molecule has 0 aliphatic carbocycles. The third kappa shape index (κ3) is 5.93. The Morgan fingerprint density at radius 2 is 1.53 bits per heavy atom. The zero-order valence-corrected chi connectivity index (χ0v) is 19.9. The molecule has 0 bridgehead atoms. The number of unbranched alkanes of at least 4 members (excludes halogenated alkanes) is 1. The predicted molar refractivity (Wildman–Crippen MR) is 128 cm³/mol. The summed E-state index contributed by atoms with van der Waals surface area (Å²) in [5.41, 5.74) is 0. The second-order valence-electron chi connectivity index (χ2n) is 8.61. The van der Waals surface area contributed by atoms with Crippen molar-refractivity contribution in [1.82, 2.24) is 0 Å². The highest BCUT2D eigenvalue weighted by Crippen LogP contribution is 2.38. The Kier molecular flexibility index (Phi) is 9.06. The van der Waals surface area contributed by atoms with Gasteiger partial charge in [0.05, 0.1) is 12.7 Å². The molecule has 0 unspecified atom stereocenters. The van der Waals surface area contributed by atoms with Crippen LogP contribution in [0.15, 0.2) is 73.3 Å². The number of hydrogen-bond donors (Lipinski definition) is 0. The van der Waals surface area contributed by atoms with E-state index in [2.05, 4.69) is 88.0 Å². The normalized spacial score (nSPS) is 12.9. The van der Waals surface area contributed by atoms with Crippen molar-refractivity contribution in [2.45, 2.75) is 64.5 Å². The first-order valence-electron chi connectivity index (χ1n) is 10.9. The summed E-state index contributed by atoms with van der Waals surface area (Å²) < 4.78 is 12.1. The number of rotatable bonds is 11. The minimum Gasteiger partial charge on any atom is -0.466 e. The summed E-state index contributed by atoms with van der Waals surface area (Å²) in [5.74, 6) is -0.124. The van der Waals surface area contributed by atoms with Gasteiger partial charge in [0, 0.05) is 6.42 Å². The maximum Gasteiger partial charge on any atom is 0.305 e. The summed E-state index contributed by atoms with van der Waals surface area (Å²) >= 11 is 0. The smallest absolute Gasteiger partial charge is 0.305 e. The molecule has 0 aliphatic heterocycles. The van der Waals surface area contributed by atoms with E-state index in [9.17, 15) is 4.79 Å². The molecule has 0 saturated heterocycles. The maximum atomic E-state index is 11.6. The highest BCUT2D eigenvalue weighted by atomic mass is 28.4. The summed E-state index contributed by atoms with van der Waals surface area (Å²) in [5, 5.41) is 2.46. The van der Waals surface area contributed by atoms with Crippen molar-refractivity contribution in [3.05, 3.63) is 73.3 Å². The monoisotopic (exact) mass is 424 g/mol. The lowest BCUT2D eigenvalue weighted by Gasteiger charge is -2.44. The van der Waals surface area contributed by atoms with Crippen LogP contribution in [0.2, 0.25) is 5.04 Å². The average Bonchev–Trinajstić information content (AvgIpc) is 2.74. The Balaban J connectivity index is 2.30. The molecule has 4 heteroatoms. The largest absolute Gasteiger partial charge is 0.466 e. The molecule has 162 valence electrons. The fourth-order valence-electron chi connectivity index (χ4n) is 3.99. The van der Waals surface area contributed by atoms with Crippen molar-refractivity contribution < 1.29 is 14.0 Å². The molecule has 0 spiro atoms. The van der Waals surface area contributed by atoms with Gasteiger partial charge < -0.3 is 9.16 Å². The quantitative estimate of drug-likeness (QED) is 0.214. The van der Waals surface area contributed by atoms with Crippen molar-refractivity contribution >= 4 is 24.7 Å². The zero-order valence-electron chi connectivity index (χ0n) is 18.9. The van der Waals surface area contributed by atoms with E-state index in [1.54, 1.807) is 0 Å². The van der Waals surface area contributed by atoms with E-state index < -0.39 is 8.32 Å². The summed E-state index contributed by atoms with van der Waals surface area (Å²) in [6, 6.07) is 21.3. The van der Waals surface area contributed by atoms with Crippen LogP contribution in [0.4, 0.5) is 0 Å². The van der Waals surface area contributed by atoms with Gasteiger partial charge in [0.15, 0.2) is 0 Å². The van der Waals surface area contributed by atoms with E-state index in [0.717, 1.165) is 19.3 Å². The number of carbonyl (C=O) groups excluding carboxylic acids is 1. The van der Waals surface area contributed by atoms with Crippen molar-refractivity contribution in [3.8, 4) is 0 Å². The molecule has 0 N–H and O–H groups in total. The highest BCUT2D eigenvalue weighted by Gasteiger charge is 2.51. The fraction of sp³-hybridized carbons (Fsp3) is 0.423. The van der Waals surface area contributed by atoms with Crippen molar-refractivity contribution in [2.75, 3.05) is 6.61 Å². The molecule has 2 rings (SSSR count). The van der Waals surface area contributed by atoms with E-state index in [0.29, 0.717) is 13.0 Å². The van der Waals surface area contributed by atoms with Gasteiger partial charge in [0.1, 0.15) is 0 Å². The number of carbonyl (C=O) groups is 1. The number of benzene rings is 2. The zero-order chi connectivity index (χ0) is 22.0. The van der Waals surface area contributed by atoms with Crippen LogP contribution in [0.5, 0.6) is 0 Å². The van der Waals surface area contributed by atoms with Gasteiger partial charge in [0.2, 0.25) is 0 Å². The van der Waals surface area contributed by atoms with Crippen LogP contribution < -0.4 is 10.4 Å². The first-order valence-corrected chi connectivity index (χ1v) is 12.8. The molecular formula is C26H36O3Si.